The van der Waals surface area contributed by atoms with Crippen molar-refractivity contribution in [2.75, 3.05) is 0 Å². The van der Waals surface area contributed by atoms with Crippen LogP contribution in [-0.4, -0.2) is 32.6 Å². The Labute approximate surface area is 196 Å². The van der Waals surface area contributed by atoms with Crippen LogP contribution in [0.25, 0.3) is 22.3 Å². The molecule has 1 saturated carbocycles. The van der Waals surface area contributed by atoms with Crippen molar-refractivity contribution >= 4 is 28.3 Å². The molecule has 0 bridgehead atoms. The fourth-order valence-corrected chi connectivity index (χ4v) is 5.07. The lowest BCUT2D eigenvalue weighted by Gasteiger charge is -2.12. The molecule has 0 atom stereocenters. The number of aromatic amines is 1. The van der Waals surface area contributed by atoms with E-state index in [1.807, 2.05) is 31.3 Å². The van der Waals surface area contributed by atoms with E-state index < -0.39 is 0 Å². The zero-order valence-electron chi connectivity index (χ0n) is 18.9. The molecule has 4 aromatic rings. The maximum Gasteiger partial charge on any atom is 0.251 e. The Bertz CT molecular complexity index is 1470. The van der Waals surface area contributed by atoms with Crippen molar-refractivity contribution in [1.29, 1.82) is 0 Å². The van der Waals surface area contributed by atoms with Gasteiger partial charge in [0.1, 0.15) is 17.8 Å². The number of amides is 1. The van der Waals surface area contributed by atoms with E-state index in [0.717, 1.165) is 40.7 Å². The molecule has 2 aliphatic rings. The van der Waals surface area contributed by atoms with Crippen LogP contribution in [0.3, 0.4) is 0 Å². The number of nitrogens with zero attached hydrogens (tertiary/aromatic N) is 3. The number of hydrogen-bond donors (Lipinski definition) is 2. The van der Waals surface area contributed by atoms with E-state index in [-0.39, 0.29) is 17.8 Å². The van der Waals surface area contributed by atoms with Gasteiger partial charge < -0.3 is 10.3 Å². The molecule has 7 heteroatoms. The highest BCUT2D eigenvalue weighted by atomic mass is 19.1. The number of halogens is 1. The lowest BCUT2D eigenvalue weighted by Crippen LogP contribution is -2.32. The molecule has 1 aliphatic heterocycles. The van der Waals surface area contributed by atoms with Gasteiger partial charge in [0.15, 0.2) is 0 Å². The predicted octanol–water partition coefficient (Wildman–Crippen LogP) is 5.42. The van der Waals surface area contributed by atoms with Crippen LogP contribution in [0.1, 0.15) is 52.7 Å². The van der Waals surface area contributed by atoms with Gasteiger partial charge in [-0.05, 0) is 61.2 Å². The van der Waals surface area contributed by atoms with E-state index in [1.165, 1.54) is 25.2 Å². The average Bonchev–Trinajstić information content (AvgIpc) is 3.58. The number of carbonyl (C=O) groups excluding carboxylic acids is 1. The standard InChI is InChI=1S/C27H24FN5O/c1-15-13-29-26-24(15)25(30-14-31-26)16-6-8-20(21(28)11-16)23-12-18-10-17(7-9-22(18)33-23)27(34)32-19-4-2-3-5-19/h6-11,13-14,19H,2-5,12H2,1H3,(H,32,34)(H,29,30,31). The highest BCUT2D eigenvalue weighted by Gasteiger charge is 2.23. The van der Waals surface area contributed by atoms with Gasteiger partial charge in [0.2, 0.25) is 0 Å². The number of fused-ring (bicyclic) bond motifs is 2. The maximum absolute atomic E-state index is 15.3. The van der Waals surface area contributed by atoms with Gasteiger partial charge >= 0.3 is 0 Å². The molecule has 0 saturated heterocycles. The van der Waals surface area contributed by atoms with Gasteiger partial charge in [0.25, 0.3) is 5.91 Å². The van der Waals surface area contributed by atoms with Crippen molar-refractivity contribution in [1.82, 2.24) is 20.3 Å². The molecule has 2 aromatic heterocycles. The van der Waals surface area contributed by atoms with Crippen molar-refractivity contribution in [2.24, 2.45) is 4.99 Å². The first kappa shape index (κ1) is 20.7. The largest absolute Gasteiger partial charge is 0.349 e. The minimum absolute atomic E-state index is 0.0464. The fourth-order valence-electron chi connectivity index (χ4n) is 5.07. The molecule has 1 amide bonds. The Morgan fingerprint density at radius 1 is 1.12 bits per heavy atom. The number of hydrogen-bond acceptors (Lipinski definition) is 4. The minimum Gasteiger partial charge on any atom is -0.349 e. The molecular weight excluding hydrogens is 429 g/mol. The van der Waals surface area contributed by atoms with Crippen LogP contribution in [0.4, 0.5) is 10.1 Å². The third kappa shape index (κ3) is 3.57. The van der Waals surface area contributed by atoms with Crippen LogP contribution < -0.4 is 5.32 Å². The number of carbonyl (C=O) groups is 1. The van der Waals surface area contributed by atoms with Crippen molar-refractivity contribution in [2.45, 2.75) is 45.1 Å². The molecule has 0 unspecified atom stereocenters. The molecule has 2 aromatic carbocycles. The summed E-state index contributed by atoms with van der Waals surface area (Å²) in [5, 5.41) is 4.02. The molecule has 170 valence electrons. The topological polar surface area (TPSA) is 83.0 Å². The Morgan fingerprint density at radius 2 is 1.97 bits per heavy atom. The molecule has 1 fully saturated rings. The highest BCUT2D eigenvalue weighted by Crippen LogP contribution is 2.33. The molecule has 0 spiro atoms. The molecule has 6 rings (SSSR count). The SMILES string of the molecule is Cc1c[nH]c2ncnc(-c3ccc(C4=Nc5ccc(C(=O)NC6CCCC6)cc5C4)c(F)c3)c12. The first-order valence-electron chi connectivity index (χ1n) is 11.7. The van der Waals surface area contributed by atoms with E-state index in [1.54, 1.807) is 12.1 Å². The van der Waals surface area contributed by atoms with E-state index in [4.69, 9.17) is 0 Å². The van der Waals surface area contributed by atoms with Crippen LogP contribution in [0.15, 0.2) is 53.9 Å². The minimum atomic E-state index is -0.344. The third-order valence-corrected chi connectivity index (χ3v) is 6.87. The summed E-state index contributed by atoms with van der Waals surface area (Å²) in [6.45, 7) is 1.98. The normalized spacial score (nSPS) is 15.5. The second kappa shape index (κ2) is 8.17. The summed E-state index contributed by atoms with van der Waals surface area (Å²) in [5.41, 5.74) is 6.63. The van der Waals surface area contributed by atoms with Crippen LogP contribution in [0, 0.1) is 12.7 Å². The van der Waals surface area contributed by atoms with Crippen molar-refractivity contribution in [3.63, 3.8) is 0 Å². The number of H-pyrrole nitrogens is 1. The summed E-state index contributed by atoms with van der Waals surface area (Å²) in [7, 11) is 0. The Hall–Kier alpha value is -3.87. The Balaban J connectivity index is 1.25. The Morgan fingerprint density at radius 3 is 2.79 bits per heavy atom. The van der Waals surface area contributed by atoms with Gasteiger partial charge in [-0.2, -0.15) is 0 Å². The van der Waals surface area contributed by atoms with Gasteiger partial charge in [-0.1, -0.05) is 18.9 Å². The van der Waals surface area contributed by atoms with Gasteiger partial charge in [-0.3, -0.25) is 9.79 Å². The monoisotopic (exact) mass is 453 g/mol. The lowest BCUT2D eigenvalue weighted by molar-refractivity contribution is 0.0938. The third-order valence-electron chi connectivity index (χ3n) is 6.87. The summed E-state index contributed by atoms with van der Waals surface area (Å²) < 4.78 is 15.3. The number of aliphatic imine (C=N–C) groups is 1. The van der Waals surface area contributed by atoms with Gasteiger partial charge in [0, 0.05) is 40.7 Å². The first-order chi connectivity index (χ1) is 16.6. The molecule has 6 nitrogen and oxygen atoms in total. The maximum atomic E-state index is 15.3. The lowest BCUT2D eigenvalue weighted by atomic mass is 9.99. The summed E-state index contributed by atoms with van der Waals surface area (Å²) in [5.74, 6) is -0.391. The van der Waals surface area contributed by atoms with Crippen LogP contribution in [0.2, 0.25) is 0 Å². The number of benzene rings is 2. The number of nitrogens with one attached hydrogen (secondary N) is 2. The average molecular weight is 454 g/mol. The second-order valence-corrected chi connectivity index (χ2v) is 9.15. The zero-order chi connectivity index (χ0) is 23.2. The molecule has 3 heterocycles. The predicted molar refractivity (Wildman–Crippen MR) is 130 cm³/mol. The first-order valence-corrected chi connectivity index (χ1v) is 11.7. The highest BCUT2D eigenvalue weighted by molar-refractivity contribution is 6.08. The van der Waals surface area contributed by atoms with Crippen LogP contribution >= 0.6 is 0 Å². The van der Waals surface area contributed by atoms with E-state index >= 15 is 4.39 Å². The molecule has 2 N–H and O–H groups in total. The van der Waals surface area contributed by atoms with E-state index in [0.29, 0.717) is 34.5 Å². The van der Waals surface area contributed by atoms with Crippen LogP contribution in [0.5, 0.6) is 0 Å². The summed E-state index contributed by atoms with van der Waals surface area (Å²) >= 11 is 0. The molecular formula is C27H24FN5O. The summed E-state index contributed by atoms with van der Waals surface area (Å²) in [4.78, 5) is 29.1. The van der Waals surface area contributed by atoms with Crippen molar-refractivity contribution in [3.05, 3.63) is 77.0 Å². The summed E-state index contributed by atoms with van der Waals surface area (Å²) in [6.07, 6.45) is 8.28. The van der Waals surface area contributed by atoms with E-state index in [9.17, 15) is 4.79 Å². The Kier molecular flexibility index (Phi) is 4.98. The van der Waals surface area contributed by atoms with Crippen molar-refractivity contribution < 1.29 is 9.18 Å². The second-order valence-electron chi connectivity index (χ2n) is 9.15. The molecule has 0 radical (unpaired) electrons. The molecule has 1 aliphatic carbocycles. The number of aryl methyl sites for hydroxylation is 1. The van der Waals surface area contributed by atoms with E-state index in [2.05, 4.69) is 25.3 Å². The number of aromatic nitrogens is 3. The van der Waals surface area contributed by atoms with Crippen LogP contribution in [-0.2, 0) is 6.42 Å². The van der Waals surface area contributed by atoms with Gasteiger partial charge in [0.05, 0.1) is 17.1 Å². The van der Waals surface area contributed by atoms with Gasteiger partial charge in [-0.25, -0.2) is 14.4 Å². The zero-order valence-corrected chi connectivity index (χ0v) is 18.9. The smallest absolute Gasteiger partial charge is 0.251 e. The molecule has 34 heavy (non-hydrogen) atoms. The number of rotatable bonds is 4. The van der Waals surface area contributed by atoms with Gasteiger partial charge in [-0.15, -0.1) is 0 Å². The van der Waals surface area contributed by atoms with Crippen molar-refractivity contribution in [3.8, 4) is 11.3 Å². The fraction of sp³-hybridized carbons (Fsp3) is 0.259. The quantitative estimate of drug-likeness (QED) is 0.433. The summed E-state index contributed by atoms with van der Waals surface area (Å²) in [6, 6.07) is 11.0.